The second-order valence-corrected chi connectivity index (χ2v) is 5.73. The summed E-state index contributed by atoms with van der Waals surface area (Å²) in [5, 5.41) is 19.4. The number of nitriles is 1. The molecule has 0 radical (unpaired) electrons. The number of benzene rings is 1. The van der Waals surface area contributed by atoms with E-state index < -0.39 is 11.9 Å². The number of amides is 2. The zero-order valence-electron chi connectivity index (χ0n) is 12.0. The molecular weight excluding hydrogens is 341 g/mol. The molecule has 1 aromatic carbocycles. The van der Waals surface area contributed by atoms with Crippen LogP contribution in [-0.2, 0) is 4.79 Å². The minimum atomic E-state index is -0.775. The van der Waals surface area contributed by atoms with E-state index in [1.807, 2.05) is 6.07 Å². The first-order chi connectivity index (χ1) is 10.9. The van der Waals surface area contributed by atoms with Crippen LogP contribution in [0, 0.1) is 11.3 Å². The van der Waals surface area contributed by atoms with Crippen LogP contribution < -0.4 is 0 Å². The minimum absolute atomic E-state index is 0.000382. The van der Waals surface area contributed by atoms with Crippen molar-refractivity contribution in [3.63, 3.8) is 0 Å². The number of hydrogen-bond acceptors (Lipinski definition) is 4. The molecule has 0 aromatic heterocycles. The highest BCUT2D eigenvalue weighted by molar-refractivity contribution is 6.42. The largest absolute Gasteiger partial charge is 0.507 e. The summed E-state index contributed by atoms with van der Waals surface area (Å²) in [6.45, 7) is 3.87. The van der Waals surface area contributed by atoms with Gasteiger partial charge in [-0.2, -0.15) is 5.26 Å². The van der Waals surface area contributed by atoms with Crippen molar-refractivity contribution in [3.8, 4) is 11.8 Å². The third-order valence-electron chi connectivity index (χ3n) is 3.54. The summed E-state index contributed by atoms with van der Waals surface area (Å²) >= 11 is 11.7. The standard InChI is InChI=1S/C15H13Cl2N3O3/c1-2-14(22)20-4-3-19(8-9(20)7-18)15(23)10-5-11(16)12(17)6-13(10)21/h2,5-6,9,21H,1,3-4,8H2. The van der Waals surface area contributed by atoms with Crippen molar-refractivity contribution in [2.24, 2.45) is 0 Å². The van der Waals surface area contributed by atoms with Crippen molar-refractivity contribution in [2.45, 2.75) is 6.04 Å². The molecule has 1 atom stereocenters. The number of hydrogen-bond donors (Lipinski definition) is 1. The van der Waals surface area contributed by atoms with Crippen molar-refractivity contribution in [1.29, 1.82) is 5.26 Å². The topological polar surface area (TPSA) is 84.6 Å². The summed E-state index contributed by atoms with van der Waals surface area (Å²) in [5.41, 5.74) is -0.000382. The molecule has 120 valence electrons. The van der Waals surface area contributed by atoms with Crippen LogP contribution in [0.5, 0.6) is 5.75 Å². The molecule has 1 heterocycles. The Bertz CT molecular complexity index is 715. The van der Waals surface area contributed by atoms with E-state index >= 15 is 0 Å². The molecule has 1 unspecified atom stereocenters. The predicted molar refractivity (Wildman–Crippen MR) is 85.3 cm³/mol. The van der Waals surface area contributed by atoms with Gasteiger partial charge in [0.05, 0.1) is 28.2 Å². The molecule has 2 rings (SSSR count). The number of halogens is 2. The Hall–Kier alpha value is -2.23. The fourth-order valence-electron chi connectivity index (χ4n) is 2.34. The molecule has 0 spiro atoms. The van der Waals surface area contributed by atoms with Gasteiger partial charge in [0, 0.05) is 19.2 Å². The van der Waals surface area contributed by atoms with Crippen LogP contribution in [0.25, 0.3) is 0 Å². The number of carbonyl (C=O) groups excluding carboxylic acids is 2. The summed E-state index contributed by atoms with van der Waals surface area (Å²) in [4.78, 5) is 27.0. The average Bonchev–Trinajstić information content (AvgIpc) is 2.56. The Morgan fingerprint density at radius 3 is 2.61 bits per heavy atom. The van der Waals surface area contributed by atoms with Gasteiger partial charge in [-0.1, -0.05) is 29.8 Å². The molecule has 6 nitrogen and oxygen atoms in total. The Balaban J connectivity index is 2.22. The lowest BCUT2D eigenvalue weighted by Crippen LogP contribution is -2.55. The first-order valence-electron chi connectivity index (χ1n) is 6.69. The smallest absolute Gasteiger partial charge is 0.257 e. The normalized spacial score (nSPS) is 17.5. The van der Waals surface area contributed by atoms with E-state index in [2.05, 4.69) is 6.58 Å². The van der Waals surface area contributed by atoms with Crippen LogP contribution in [0.1, 0.15) is 10.4 Å². The molecule has 1 saturated heterocycles. The highest BCUT2D eigenvalue weighted by Gasteiger charge is 2.32. The van der Waals surface area contributed by atoms with E-state index in [1.165, 1.54) is 21.9 Å². The highest BCUT2D eigenvalue weighted by atomic mass is 35.5. The second kappa shape index (κ2) is 6.90. The number of aromatic hydroxyl groups is 1. The maximum atomic E-state index is 12.5. The van der Waals surface area contributed by atoms with Gasteiger partial charge in [-0.15, -0.1) is 0 Å². The van der Waals surface area contributed by atoms with Crippen LogP contribution >= 0.6 is 23.2 Å². The number of phenolic OH excluding ortho intramolecular Hbond substituents is 1. The molecule has 0 saturated carbocycles. The molecule has 1 fully saturated rings. The lowest BCUT2D eigenvalue weighted by molar-refractivity contribution is -0.129. The van der Waals surface area contributed by atoms with Crippen LogP contribution in [0.15, 0.2) is 24.8 Å². The third-order valence-corrected chi connectivity index (χ3v) is 4.27. The zero-order valence-corrected chi connectivity index (χ0v) is 13.5. The first kappa shape index (κ1) is 17.1. The number of phenols is 1. The van der Waals surface area contributed by atoms with Gasteiger partial charge >= 0.3 is 0 Å². The van der Waals surface area contributed by atoms with E-state index in [9.17, 15) is 20.0 Å². The monoisotopic (exact) mass is 353 g/mol. The summed E-state index contributed by atoms with van der Waals surface area (Å²) in [5.74, 6) is -1.13. The van der Waals surface area contributed by atoms with Crippen LogP contribution in [0.2, 0.25) is 10.0 Å². The Kier molecular flexibility index (Phi) is 5.14. The summed E-state index contributed by atoms with van der Waals surface area (Å²) in [6, 6.07) is 3.69. The Morgan fingerprint density at radius 2 is 2.00 bits per heavy atom. The fourth-order valence-corrected chi connectivity index (χ4v) is 2.66. The molecule has 0 bridgehead atoms. The maximum Gasteiger partial charge on any atom is 0.257 e. The lowest BCUT2D eigenvalue weighted by atomic mass is 10.1. The number of nitrogens with zero attached hydrogens (tertiary/aromatic N) is 3. The van der Waals surface area contributed by atoms with E-state index in [0.29, 0.717) is 0 Å². The quantitative estimate of drug-likeness (QED) is 0.824. The van der Waals surface area contributed by atoms with E-state index in [4.69, 9.17) is 23.2 Å². The van der Waals surface area contributed by atoms with Gasteiger partial charge < -0.3 is 14.9 Å². The van der Waals surface area contributed by atoms with Crippen molar-refractivity contribution in [3.05, 3.63) is 40.4 Å². The molecule has 2 amide bonds. The van der Waals surface area contributed by atoms with Gasteiger partial charge in [0.1, 0.15) is 11.8 Å². The zero-order chi connectivity index (χ0) is 17.1. The van der Waals surface area contributed by atoms with Crippen LogP contribution in [0.4, 0.5) is 0 Å². The summed E-state index contributed by atoms with van der Waals surface area (Å²) in [7, 11) is 0. The van der Waals surface area contributed by atoms with Gasteiger partial charge in [-0.3, -0.25) is 9.59 Å². The molecule has 1 N–H and O–H groups in total. The molecule has 1 aliphatic heterocycles. The average molecular weight is 354 g/mol. The number of piperazine rings is 1. The van der Waals surface area contributed by atoms with E-state index in [1.54, 1.807) is 0 Å². The van der Waals surface area contributed by atoms with Crippen molar-refractivity contribution >= 4 is 35.0 Å². The number of carbonyl (C=O) groups is 2. The molecule has 8 heteroatoms. The molecule has 0 aliphatic carbocycles. The van der Waals surface area contributed by atoms with Gasteiger partial charge in [0.25, 0.3) is 5.91 Å². The minimum Gasteiger partial charge on any atom is -0.507 e. The fraction of sp³-hybridized carbons (Fsp3) is 0.267. The Morgan fingerprint density at radius 1 is 1.35 bits per heavy atom. The lowest BCUT2D eigenvalue weighted by Gasteiger charge is -2.37. The molecule has 1 aliphatic rings. The number of rotatable bonds is 2. The van der Waals surface area contributed by atoms with Crippen LogP contribution in [-0.4, -0.2) is 52.4 Å². The highest BCUT2D eigenvalue weighted by Crippen LogP contribution is 2.31. The molecule has 23 heavy (non-hydrogen) atoms. The van der Waals surface area contributed by atoms with Crippen LogP contribution in [0.3, 0.4) is 0 Å². The molecular formula is C15H13Cl2N3O3. The SMILES string of the molecule is C=CC(=O)N1CCN(C(=O)c2cc(Cl)c(Cl)cc2O)CC1C#N. The summed E-state index contributed by atoms with van der Waals surface area (Å²) < 4.78 is 0. The van der Waals surface area contributed by atoms with Crippen molar-refractivity contribution in [1.82, 2.24) is 9.80 Å². The second-order valence-electron chi connectivity index (χ2n) is 4.92. The van der Waals surface area contributed by atoms with E-state index in [-0.39, 0.29) is 46.9 Å². The Labute approximate surface area is 143 Å². The van der Waals surface area contributed by atoms with Gasteiger partial charge in [0.15, 0.2) is 0 Å². The van der Waals surface area contributed by atoms with E-state index in [0.717, 1.165) is 6.08 Å². The summed E-state index contributed by atoms with van der Waals surface area (Å²) in [6.07, 6.45) is 1.13. The maximum absolute atomic E-state index is 12.5. The predicted octanol–water partition coefficient (Wildman–Crippen LogP) is 2.06. The molecule has 1 aromatic rings. The van der Waals surface area contributed by atoms with Gasteiger partial charge in [-0.25, -0.2) is 0 Å². The van der Waals surface area contributed by atoms with Gasteiger partial charge in [-0.05, 0) is 12.1 Å². The third kappa shape index (κ3) is 3.41. The van der Waals surface area contributed by atoms with Gasteiger partial charge in [0.2, 0.25) is 5.91 Å². The first-order valence-corrected chi connectivity index (χ1v) is 7.44. The van der Waals surface area contributed by atoms with Crippen molar-refractivity contribution in [2.75, 3.05) is 19.6 Å². The van der Waals surface area contributed by atoms with Crippen molar-refractivity contribution < 1.29 is 14.7 Å².